The summed E-state index contributed by atoms with van der Waals surface area (Å²) in [4.78, 5) is 36.1. The first-order chi connectivity index (χ1) is 9.60. The molecule has 0 aliphatic heterocycles. The lowest BCUT2D eigenvalue weighted by Gasteiger charge is -2.10. The minimum atomic E-state index is -0.558. The van der Waals surface area contributed by atoms with Crippen LogP contribution in [0.15, 0.2) is 15.5 Å². The number of nitrogens with zero attached hydrogens (tertiary/aromatic N) is 1. The van der Waals surface area contributed by atoms with Crippen LogP contribution in [0.5, 0.6) is 0 Å². The van der Waals surface area contributed by atoms with Crippen molar-refractivity contribution in [2.24, 2.45) is 0 Å². The highest BCUT2D eigenvalue weighted by Gasteiger charge is 2.35. The molecule has 0 spiro atoms. The first-order valence-corrected chi connectivity index (χ1v) is 6.88. The molecule has 2 N–H and O–H groups in total. The minimum Gasteiger partial charge on any atom is -0.354 e. The second kappa shape index (κ2) is 6.02. The van der Waals surface area contributed by atoms with E-state index >= 15 is 0 Å². The normalized spacial score (nSPS) is 14.0. The standard InChI is InChI=1S/C12H13N3O4S/c1-13-3-4-20-7-5-6(16)11-8(10(7)17)9(15-19-11)12(18)14-2/h5,13H,3-4H2,1-2H3,(H,14,18). The predicted molar refractivity (Wildman–Crippen MR) is 73.0 cm³/mol. The van der Waals surface area contributed by atoms with Crippen molar-refractivity contribution in [1.82, 2.24) is 15.8 Å². The molecule has 0 saturated heterocycles. The monoisotopic (exact) mass is 295 g/mol. The number of hydrogen-bond acceptors (Lipinski definition) is 7. The van der Waals surface area contributed by atoms with E-state index in [1.165, 1.54) is 24.9 Å². The molecule has 0 radical (unpaired) electrons. The van der Waals surface area contributed by atoms with Crippen molar-refractivity contribution < 1.29 is 18.9 Å². The zero-order valence-electron chi connectivity index (χ0n) is 11.0. The maximum Gasteiger partial charge on any atom is 0.274 e. The van der Waals surface area contributed by atoms with Gasteiger partial charge in [-0.25, -0.2) is 0 Å². The van der Waals surface area contributed by atoms with E-state index in [1.807, 2.05) is 0 Å². The highest BCUT2D eigenvalue weighted by Crippen LogP contribution is 2.30. The molecule has 20 heavy (non-hydrogen) atoms. The Bertz CT molecular complexity index is 606. The van der Waals surface area contributed by atoms with E-state index in [1.54, 1.807) is 7.05 Å². The van der Waals surface area contributed by atoms with Gasteiger partial charge in [0.1, 0.15) is 5.56 Å². The molecular weight excluding hydrogens is 282 g/mol. The molecule has 1 heterocycles. The number of carbonyl (C=O) groups excluding carboxylic acids is 3. The lowest BCUT2D eigenvalue weighted by Crippen LogP contribution is -2.23. The van der Waals surface area contributed by atoms with Gasteiger partial charge < -0.3 is 15.2 Å². The van der Waals surface area contributed by atoms with Gasteiger partial charge in [0, 0.05) is 25.4 Å². The molecule has 0 bridgehead atoms. The van der Waals surface area contributed by atoms with Crippen molar-refractivity contribution >= 4 is 29.2 Å². The summed E-state index contributed by atoms with van der Waals surface area (Å²) in [5.74, 6) is -0.948. The summed E-state index contributed by atoms with van der Waals surface area (Å²) in [5, 5.41) is 8.82. The molecule has 1 aromatic heterocycles. The number of rotatable bonds is 5. The summed E-state index contributed by atoms with van der Waals surface area (Å²) < 4.78 is 4.82. The number of thioether (sulfide) groups is 1. The summed E-state index contributed by atoms with van der Waals surface area (Å²) in [6.45, 7) is 0.697. The largest absolute Gasteiger partial charge is 0.354 e. The fourth-order valence-corrected chi connectivity index (χ4v) is 2.64. The molecule has 0 aromatic carbocycles. The van der Waals surface area contributed by atoms with Crippen molar-refractivity contribution in [2.75, 3.05) is 26.4 Å². The Morgan fingerprint density at radius 3 is 2.80 bits per heavy atom. The second-order valence-corrected chi connectivity index (χ2v) is 5.11. The van der Waals surface area contributed by atoms with Crippen molar-refractivity contribution in [2.45, 2.75) is 0 Å². The van der Waals surface area contributed by atoms with Crippen molar-refractivity contribution in [3.8, 4) is 0 Å². The van der Waals surface area contributed by atoms with Gasteiger partial charge in [-0.3, -0.25) is 14.4 Å². The van der Waals surface area contributed by atoms with Gasteiger partial charge in [0.15, 0.2) is 5.69 Å². The quantitative estimate of drug-likeness (QED) is 0.751. The average molecular weight is 295 g/mol. The number of hydrogen-bond donors (Lipinski definition) is 2. The zero-order chi connectivity index (χ0) is 14.7. The third kappa shape index (κ3) is 2.52. The smallest absolute Gasteiger partial charge is 0.274 e. The van der Waals surface area contributed by atoms with Crippen molar-refractivity contribution in [1.29, 1.82) is 0 Å². The molecule has 0 saturated carbocycles. The van der Waals surface area contributed by atoms with E-state index in [0.717, 1.165) is 0 Å². The second-order valence-electron chi connectivity index (χ2n) is 3.97. The molecular formula is C12H13N3O4S. The molecule has 1 amide bonds. The Morgan fingerprint density at radius 2 is 2.15 bits per heavy atom. The highest BCUT2D eigenvalue weighted by atomic mass is 32.2. The summed E-state index contributed by atoms with van der Waals surface area (Å²) >= 11 is 1.26. The number of ketones is 2. The highest BCUT2D eigenvalue weighted by molar-refractivity contribution is 8.04. The molecule has 1 aliphatic rings. The van der Waals surface area contributed by atoms with Crippen LogP contribution in [0, 0.1) is 0 Å². The van der Waals surface area contributed by atoms with Gasteiger partial charge in [-0.2, -0.15) is 0 Å². The van der Waals surface area contributed by atoms with Crippen LogP contribution >= 0.6 is 11.8 Å². The maximum absolute atomic E-state index is 12.3. The van der Waals surface area contributed by atoms with Crippen LogP contribution in [-0.2, 0) is 0 Å². The van der Waals surface area contributed by atoms with E-state index in [9.17, 15) is 14.4 Å². The number of carbonyl (C=O) groups is 3. The van der Waals surface area contributed by atoms with E-state index in [-0.39, 0.29) is 17.0 Å². The van der Waals surface area contributed by atoms with Crippen LogP contribution in [-0.4, -0.2) is 49.0 Å². The van der Waals surface area contributed by atoms with Crippen LogP contribution in [0.1, 0.15) is 31.4 Å². The molecule has 0 fully saturated rings. The number of Topliss-reactive ketones (excluding diaryl/α,β-unsaturated/α-hetero) is 1. The topological polar surface area (TPSA) is 101 Å². The number of nitrogens with one attached hydrogen (secondary N) is 2. The fraction of sp³-hybridized carbons (Fsp3) is 0.333. The Morgan fingerprint density at radius 1 is 1.40 bits per heavy atom. The lowest BCUT2D eigenvalue weighted by atomic mass is 10.00. The van der Waals surface area contributed by atoms with Crippen LogP contribution < -0.4 is 10.6 Å². The van der Waals surface area contributed by atoms with Crippen LogP contribution in [0.3, 0.4) is 0 Å². The Labute approximate surface area is 119 Å². The Balaban J connectivity index is 2.33. The lowest BCUT2D eigenvalue weighted by molar-refractivity contribution is 0.0944. The van der Waals surface area contributed by atoms with Gasteiger partial charge in [0.05, 0.1) is 4.91 Å². The SMILES string of the molecule is CNCCSC1=CC(=O)c2onc(C(=O)NC)c2C1=O. The molecule has 2 rings (SSSR count). The zero-order valence-corrected chi connectivity index (χ0v) is 11.8. The first-order valence-electron chi connectivity index (χ1n) is 5.90. The Kier molecular flexibility index (Phi) is 4.35. The van der Waals surface area contributed by atoms with Crippen molar-refractivity contribution in [3.05, 3.63) is 28.0 Å². The fourth-order valence-electron chi connectivity index (χ4n) is 1.69. The number of aromatic nitrogens is 1. The van der Waals surface area contributed by atoms with Crippen LogP contribution in [0.2, 0.25) is 0 Å². The van der Waals surface area contributed by atoms with Gasteiger partial charge in [-0.05, 0) is 7.05 Å². The van der Waals surface area contributed by atoms with E-state index in [2.05, 4.69) is 15.8 Å². The third-order valence-corrected chi connectivity index (χ3v) is 3.70. The van der Waals surface area contributed by atoms with E-state index in [0.29, 0.717) is 17.2 Å². The summed E-state index contributed by atoms with van der Waals surface area (Å²) in [5.41, 5.74) is -0.204. The molecule has 1 aliphatic carbocycles. The molecule has 1 aromatic rings. The van der Waals surface area contributed by atoms with E-state index < -0.39 is 17.5 Å². The van der Waals surface area contributed by atoms with E-state index in [4.69, 9.17) is 4.52 Å². The molecule has 0 atom stereocenters. The summed E-state index contributed by atoms with van der Waals surface area (Å²) in [7, 11) is 3.21. The van der Waals surface area contributed by atoms with Crippen molar-refractivity contribution in [3.63, 3.8) is 0 Å². The van der Waals surface area contributed by atoms with Gasteiger partial charge >= 0.3 is 0 Å². The third-order valence-electron chi connectivity index (χ3n) is 2.68. The first kappa shape index (κ1) is 14.5. The maximum atomic E-state index is 12.3. The number of amides is 1. The number of allylic oxidation sites excluding steroid dienone is 2. The number of fused-ring (bicyclic) bond motifs is 1. The summed E-state index contributed by atoms with van der Waals surface area (Å²) in [6.07, 6.45) is 1.23. The predicted octanol–water partition coefficient (Wildman–Crippen LogP) is 0.250. The molecule has 106 valence electrons. The Hall–Kier alpha value is -1.93. The van der Waals surface area contributed by atoms with Gasteiger partial charge in [-0.15, -0.1) is 11.8 Å². The van der Waals surface area contributed by atoms with Crippen LogP contribution in [0.4, 0.5) is 0 Å². The average Bonchev–Trinajstić information content (AvgIpc) is 2.89. The molecule has 7 nitrogen and oxygen atoms in total. The van der Waals surface area contributed by atoms with Gasteiger partial charge in [-0.1, -0.05) is 5.16 Å². The van der Waals surface area contributed by atoms with Crippen LogP contribution in [0.25, 0.3) is 0 Å². The minimum absolute atomic E-state index is 0.0520. The summed E-state index contributed by atoms with van der Waals surface area (Å²) in [6, 6.07) is 0. The molecule has 8 heteroatoms. The van der Waals surface area contributed by atoms with Gasteiger partial charge in [0.2, 0.25) is 17.3 Å². The molecule has 0 unspecified atom stereocenters. The van der Waals surface area contributed by atoms with Gasteiger partial charge in [0.25, 0.3) is 5.91 Å².